The molecule has 3 N–H and O–H groups in total. The number of anilines is 2. The predicted octanol–water partition coefficient (Wildman–Crippen LogP) is 0.424. The van der Waals surface area contributed by atoms with E-state index in [-0.39, 0.29) is 11.9 Å². The van der Waals surface area contributed by atoms with Crippen LogP contribution in [0.4, 0.5) is 11.8 Å². The second-order valence-corrected chi connectivity index (χ2v) is 2.78. The van der Waals surface area contributed by atoms with Gasteiger partial charge in [-0.3, -0.25) is 4.79 Å². The Hall–Kier alpha value is -1.85. The monoisotopic (exact) mass is 210 g/mol. The minimum absolute atomic E-state index is 0.205. The van der Waals surface area contributed by atoms with E-state index in [1.54, 1.807) is 19.2 Å². The van der Waals surface area contributed by atoms with E-state index in [1.807, 2.05) is 0 Å². The van der Waals surface area contributed by atoms with E-state index in [0.717, 1.165) is 0 Å². The van der Waals surface area contributed by atoms with Crippen LogP contribution in [0.2, 0.25) is 0 Å². The van der Waals surface area contributed by atoms with Crippen molar-refractivity contribution in [3.05, 3.63) is 12.3 Å². The van der Waals surface area contributed by atoms with Crippen LogP contribution >= 0.6 is 0 Å². The lowest BCUT2D eigenvalue weighted by molar-refractivity contribution is -0.142. The molecule has 0 aliphatic heterocycles. The highest BCUT2D eigenvalue weighted by atomic mass is 16.5. The molecule has 0 unspecified atom stereocenters. The molecule has 0 aliphatic carbocycles. The van der Waals surface area contributed by atoms with Crippen LogP contribution in [0.25, 0.3) is 0 Å². The second-order valence-electron chi connectivity index (χ2n) is 2.78. The number of nitrogen functional groups attached to an aromatic ring is 1. The van der Waals surface area contributed by atoms with E-state index < -0.39 is 0 Å². The van der Waals surface area contributed by atoms with Gasteiger partial charge in [0.15, 0.2) is 0 Å². The van der Waals surface area contributed by atoms with E-state index in [0.29, 0.717) is 25.4 Å². The van der Waals surface area contributed by atoms with Gasteiger partial charge in [-0.05, 0) is 13.0 Å². The Morgan fingerprint density at radius 1 is 1.67 bits per heavy atom. The molecule has 82 valence electrons. The molecule has 1 aromatic heterocycles. The minimum Gasteiger partial charge on any atom is -0.466 e. The Morgan fingerprint density at radius 2 is 2.47 bits per heavy atom. The highest BCUT2D eigenvalue weighted by Gasteiger charge is 2.01. The Morgan fingerprint density at radius 3 is 3.13 bits per heavy atom. The Bertz CT molecular complexity index is 330. The molecule has 0 radical (unpaired) electrons. The fourth-order valence-electron chi connectivity index (χ4n) is 0.998. The molecule has 6 heteroatoms. The number of carbonyl (C=O) groups excluding carboxylic acids is 1. The summed E-state index contributed by atoms with van der Waals surface area (Å²) in [5, 5.41) is 2.94. The zero-order valence-corrected chi connectivity index (χ0v) is 8.56. The maximum Gasteiger partial charge on any atom is 0.307 e. The number of hydrogen-bond donors (Lipinski definition) is 2. The maximum atomic E-state index is 11.0. The van der Waals surface area contributed by atoms with Crippen molar-refractivity contribution in [2.45, 2.75) is 13.3 Å². The first-order chi connectivity index (χ1) is 7.22. The van der Waals surface area contributed by atoms with Gasteiger partial charge in [-0.2, -0.15) is 4.98 Å². The summed E-state index contributed by atoms with van der Waals surface area (Å²) in [6, 6.07) is 1.68. The zero-order chi connectivity index (χ0) is 11.1. The number of nitrogens with one attached hydrogen (secondary N) is 1. The molecular weight excluding hydrogens is 196 g/mol. The van der Waals surface area contributed by atoms with Crippen LogP contribution in [0, 0.1) is 0 Å². The molecule has 0 saturated carbocycles. The number of nitrogens with two attached hydrogens (primary N) is 1. The van der Waals surface area contributed by atoms with Gasteiger partial charge in [0.2, 0.25) is 5.95 Å². The van der Waals surface area contributed by atoms with Gasteiger partial charge in [-0.1, -0.05) is 0 Å². The lowest BCUT2D eigenvalue weighted by Gasteiger charge is -2.05. The number of rotatable bonds is 5. The third-order valence-corrected chi connectivity index (χ3v) is 1.61. The lowest BCUT2D eigenvalue weighted by atomic mass is 10.4. The summed E-state index contributed by atoms with van der Waals surface area (Å²) >= 11 is 0. The Labute approximate surface area is 87.9 Å². The van der Waals surface area contributed by atoms with Crippen molar-refractivity contribution in [3.63, 3.8) is 0 Å². The fraction of sp³-hybridized carbons (Fsp3) is 0.444. The quantitative estimate of drug-likeness (QED) is 0.685. The first-order valence-corrected chi connectivity index (χ1v) is 4.70. The molecule has 0 spiro atoms. The SMILES string of the molecule is CCOC(=O)CCNc1ccnc(N)n1. The van der Waals surface area contributed by atoms with E-state index in [9.17, 15) is 4.79 Å². The van der Waals surface area contributed by atoms with E-state index in [2.05, 4.69) is 15.3 Å². The van der Waals surface area contributed by atoms with Gasteiger partial charge in [-0.25, -0.2) is 4.98 Å². The molecule has 0 fully saturated rings. The van der Waals surface area contributed by atoms with Gasteiger partial charge in [0.1, 0.15) is 5.82 Å². The van der Waals surface area contributed by atoms with Crippen molar-refractivity contribution < 1.29 is 9.53 Å². The second kappa shape index (κ2) is 5.79. The highest BCUT2D eigenvalue weighted by Crippen LogP contribution is 2.02. The molecule has 1 heterocycles. The standard InChI is InChI=1S/C9H14N4O2/c1-2-15-8(14)4-6-11-7-3-5-12-9(10)13-7/h3,5H,2,4,6H2,1H3,(H3,10,11,12,13). The summed E-state index contributed by atoms with van der Waals surface area (Å²) < 4.78 is 4.77. The maximum absolute atomic E-state index is 11.0. The van der Waals surface area contributed by atoms with Gasteiger partial charge in [0.25, 0.3) is 0 Å². The Balaban J connectivity index is 2.28. The molecule has 1 rings (SSSR count). The summed E-state index contributed by atoms with van der Waals surface area (Å²) in [5.74, 6) is 0.579. The van der Waals surface area contributed by atoms with Crippen LogP contribution in [-0.2, 0) is 9.53 Å². The minimum atomic E-state index is -0.230. The molecule has 6 nitrogen and oxygen atoms in total. The third-order valence-electron chi connectivity index (χ3n) is 1.61. The zero-order valence-electron chi connectivity index (χ0n) is 8.56. The highest BCUT2D eigenvalue weighted by molar-refractivity contribution is 5.69. The molecule has 0 aliphatic rings. The lowest BCUT2D eigenvalue weighted by Crippen LogP contribution is -2.12. The summed E-state index contributed by atoms with van der Waals surface area (Å²) in [4.78, 5) is 18.6. The average molecular weight is 210 g/mol. The average Bonchev–Trinajstić information content (AvgIpc) is 2.18. The van der Waals surface area contributed by atoms with Gasteiger partial charge in [0.05, 0.1) is 13.0 Å². The summed E-state index contributed by atoms with van der Waals surface area (Å²) in [7, 11) is 0. The fourth-order valence-corrected chi connectivity index (χ4v) is 0.998. The molecular formula is C9H14N4O2. The Kier molecular flexibility index (Phi) is 4.33. The van der Waals surface area contributed by atoms with Crippen LogP contribution in [0.15, 0.2) is 12.3 Å². The van der Waals surface area contributed by atoms with Crippen LogP contribution in [0.1, 0.15) is 13.3 Å². The van der Waals surface area contributed by atoms with Gasteiger partial charge >= 0.3 is 5.97 Å². The van der Waals surface area contributed by atoms with Crippen molar-refractivity contribution in [2.75, 3.05) is 24.2 Å². The molecule has 0 atom stereocenters. The van der Waals surface area contributed by atoms with Crippen molar-refractivity contribution >= 4 is 17.7 Å². The summed E-state index contributed by atoms with van der Waals surface area (Å²) in [5.41, 5.74) is 5.38. The number of hydrogen-bond acceptors (Lipinski definition) is 6. The normalized spacial score (nSPS) is 9.67. The smallest absolute Gasteiger partial charge is 0.307 e. The third kappa shape index (κ3) is 4.26. The van der Waals surface area contributed by atoms with E-state index in [1.165, 1.54) is 0 Å². The van der Waals surface area contributed by atoms with E-state index in [4.69, 9.17) is 10.5 Å². The van der Waals surface area contributed by atoms with Crippen molar-refractivity contribution in [3.8, 4) is 0 Å². The first-order valence-electron chi connectivity index (χ1n) is 4.70. The molecule has 0 bridgehead atoms. The van der Waals surface area contributed by atoms with Crippen LogP contribution in [0.3, 0.4) is 0 Å². The van der Waals surface area contributed by atoms with E-state index >= 15 is 0 Å². The topological polar surface area (TPSA) is 90.1 Å². The van der Waals surface area contributed by atoms with Crippen LogP contribution in [0.5, 0.6) is 0 Å². The number of carbonyl (C=O) groups is 1. The number of esters is 1. The number of aromatic nitrogens is 2. The molecule has 15 heavy (non-hydrogen) atoms. The number of ether oxygens (including phenoxy) is 1. The number of nitrogens with zero attached hydrogens (tertiary/aromatic N) is 2. The molecule has 1 aromatic rings. The van der Waals surface area contributed by atoms with Gasteiger partial charge in [0, 0.05) is 12.7 Å². The van der Waals surface area contributed by atoms with Crippen molar-refractivity contribution in [2.24, 2.45) is 0 Å². The molecule has 0 amide bonds. The summed E-state index contributed by atoms with van der Waals surface area (Å²) in [6.45, 7) is 2.64. The van der Waals surface area contributed by atoms with Crippen molar-refractivity contribution in [1.29, 1.82) is 0 Å². The van der Waals surface area contributed by atoms with Crippen LogP contribution in [-0.4, -0.2) is 29.1 Å². The summed E-state index contributed by atoms with van der Waals surface area (Å²) in [6.07, 6.45) is 1.85. The first kappa shape index (κ1) is 11.2. The van der Waals surface area contributed by atoms with Gasteiger partial charge < -0.3 is 15.8 Å². The largest absolute Gasteiger partial charge is 0.466 e. The predicted molar refractivity (Wildman–Crippen MR) is 56.2 cm³/mol. The van der Waals surface area contributed by atoms with Gasteiger partial charge in [-0.15, -0.1) is 0 Å². The molecule has 0 saturated heterocycles. The molecule has 0 aromatic carbocycles. The van der Waals surface area contributed by atoms with Crippen LogP contribution < -0.4 is 11.1 Å². The van der Waals surface area contributed by atoms with Crippen molar-refractivity contribution in [1.82, 2.24) is 9.97 Å².